The molecule has 0 spiro atoms. The molecule has 6 heteroatoms. The van der Waals surface area contributed by atoms with Gasteiger partial charge in [0.15, 0.2) is 12.5 Å². The number of nitrogens with zero attached hydrogens (tertiary/aromatic N) is 1. The molecule has 1 fully saturated rings. The highest BCUT2D eigenvalue weighted by Crippen LogP contribution is 2.19. The van der Waals surface area contributed by atoms with E-state index in [0.717, 1.165) is 38.6 Å². The summed E-state index contributed by atoms with van der Waals surface area (Å²) in [5.41, 5.74) is 2.11. The number of hydrogen-bond acceptors (Lipinski definition) is 5. The molecule has 0 amide bonds. The molecule has 0 saturated carbocycles. The third kappa shape index (κ3) is 13.5. The highest BCUT2D eigenvalue weighted by Gasteiger charge is 2.26. The molecule has 2 rings (SSSR count). The molecule has 0 aromatic carbocycles. The number of carbonyl (C=O) groups excluding carboxylic acids is 1. The Kier molecular flexibility index (Phi) is 15.7. The van der Waals surface area contributed by atoms with Crippen molar-refractivity contribution in [3.8, 4) is 0 Å². The number of hydrogen-bond donors (Lipinski definition) is 0. The Morgan fingerprint density at radius 3 is 2.34 bits per heavy atom. The Morgan fingerprint density at radius 1 is 0.969 bits per heavy atom. The molecule has 0 aliphatic carbocycles. The maximum atomic E-state index is 11.9. The highest BCUT2D eigenvalue weighted by molar-refractivity contribution is 7.07. The van der Waals surface area contributed by atoms with E-state index in [1.807, 2.05) is 0 Å². The average molecular weight is 469 g/mol. The van der Waals surface area contributed by atoms with Crippen LogP contribution in [0, 0.1) is 0 Å². The number of esters is 1. The lowest BCUT2D eigenvalue weighted by Gasteiger charge is -2.12. The number of carbonyl (C=O) groups is 1. The van der Waals surface area contributed by atoms with Gasteiger partial charge in [0, 0.05) is 12.8 Å². The van der Waals surface area contributed by atoms with Crippen LogP contribution >= 0.6 is 11.3 Å². The Balaban J connectivity index is 1.35. The summed E-state index contributed by atoms with van der Waals surface area (Å²) in [5.74, 6) is -0.120. The summed E-state index contributed by atoms with van der Waals surface area (Å²) in [7, 11) is 0. The zero-order valence-corrected chi connectivity index (χ0v) is 21.1. The quantitative estimate of drug-likeness (QED) is 0.123. The van der Waals surface area contributed by atoms with Gasteiger partial charge >= 0.3 is 5.97 Å². The molecule has 2 atom stereocenters. The van der Waals surface area contributed by atoms with E-state index in [-0.39, 0.29) is 18.4 Å². The highest BCUT2D eigenvalue weighted by atomic mass is 32.1. The zero-order chi connectivity index (χ0) is 22.7. The summed E-state index contributed by atoms with van der Waals surface area (Å²) in [6, 6.07) is 0. The van der Waals surface area contributed by atoms with E-state index in [1.54, 1.807) is 11.3 Å². The van der Waals surface area contributed by atoms with Gasteiger partial charge in [0.2, 0.25) is 5.51 Å². The number of thiazole rings is 1. The standard InChI is InChI=1S/C26H46NO4S/c1-2-3-4-5-6-7-8-9-10-11-14-17-26-30-22-24(31-26)21-29-25(28)16-13-12-15-18-27-19-20-32-23-27/h19-20,23-24,26H,2-18,21-22H2,1H3/q+1. The molecule has 0 N–H and O–H groups in total. The minimum absolute atomic E-state index is 0.105. The van der Waals surface area contributed by atoms with E-state index in [0.29, 0.717) is 19.6 Å². The number of aryl methyl sites for hydroxylation is 1. The molecular formula is C26H46NO4S+. The van der Waals surface area contributed by atoms with E-state index >= 15 is 0 Å². The molecule has 0 bridgehead atoms. The molecule has 2 heterocycles. The summed E-state index contributed by atoms with van der Waals surface area (Å²) in [4.78, 5) is 11.9. The lowest BCUT2D eigenvalue weighted by molar-refractivity contribution is -0.692. The molecule has 32 heavy (non-hydrogen) atoms. The van der Waals surface area contributed by atoms with Crippen LogP contribution in [-0.4, -0.2) is 31.6 Å². The predicted octanol–water partition coefficient (Wildman–Crippen LogP) is 6.58. The van der Waals surface area contributed by atoms with Crippen LogP contribution in [0.15, 0.2) is 17.1 Å². The predicted molar refractivity (Wildman–Crippen MR) is 130 cm³/mol. The monoisotopic (exact) mass is 468 g/mol. The van der Waals surface area contributed by atoms with Crippen LogP contribution in [0.3, 0.4) is 0 Å². The van der Waals surface area contributed by atoms with E-state index in [1.165, 1.54) is 64.2 Å². The second-order valence-electron chi connectivity index (χ2n) is 9.10. The second-order valence-corrected chi connectivity index (χ2v) is 9.86. The smallest absolute Gasteiger partial charge is 0.305 e. The average Bonchev–Trinajstić information content (AvgIpc) is 3.48. The SMILES string of the molecule is CCCCCCCCCCCCCC1OCC(COC(=O)CCCCC[n+]2ccsc2)O1. The normalized spacial score (nSPS) is 18.3. The molecule has 1 aliphatic rings. The van der Waals surface area contributed by atoms with Crippen molar-refractivity contribution < 1.29 is 23.6 Å². The van der Waals surface area contributed by atoms with Gasteiger partial charge in [0.05, 0.1) is 12.0 Å². The fourth-order valence-corrected chi connectivity index (χ4v) is 4.74. The van der Waals surface area contributed by atoms with Crippen molar-refractivity contribution in [1.29, 1.82) is 0 Å². The maximum absolute atomic E-state index is 11.9. The van der Waals surface area contributed by atoms with Crippen molar-refractivity contribution in [3.63, 3.8) is 0 Å². The van der Waals surface area contributed by atoms with Crippen LogP contribution in [0.25, 0.3) is 0 Å². The minimum Gasteiger partial charge on any atom is -0.463 e. The summed E-state index contributed by atoms with van der Waals surface area (Å²) < 4.78 is 19.2. The minimum atomic E-state index is -0.120. The van der Waals surface area contributed by atoms with Gasteiger partial charge in [-0.3, -0.25) is 4.79 Å². The topological polar surface area (TPSA) is 48.6 Å². The van der Waals surface area contributed by atoms with Gasteiger partial charge < -0.3 is 14.2 Å². The van der Waals surface area contributed by atoms with Crippen LogP contribution < -0.4 is 4.57 Å². The molecule has 0 radical (unpaired) electrons. The molecule has 5 nitrogen and oxygen atoms in total. The number of ether oxygens (including phenoxy) is 3. The Morgan fingerprint density at radius 2 is 1.66 bits per heavy atom. The van der Waals surface area contributed by atoms with Gasteiger partial charge in [0.25, 0.3) is 0 Å². The first-order valence-corrected chi connectivity index (χ1v) is 14.1. The number of aromatic nitrogens is 1. The Labute approximate surface area is 199 Å². The molecular weight excluding hydrogens is 422 g/mol. The van der Waals surface area contributed by atoms with E-state index in [9.17, 15) is 4.79 Å². The Bertz CT molecular complexity index is 566. The lowest BCUT2D eigenvalue weighted by atomic mass is 10.1. The number of rotatable bonds is 20. The summed E-state index contributed by atoms with van der Waals surface area (Å²) in [5, 5.41) is 2.08. The van der Waals surface area contributed by atoms with Crippen LogP contribution in [0.1, 0.15) is 110 Å². The third-order valence-electron chi connectivity index (χ3n) is 6.11. The first-order chi connectivity index (χ1) is 15.8. The van der Waals surface area contributed by atoms with Gasteiger partial charge in [-0.15, -0.1) is 0 Å². The van der Waals surface area contributed by atoms with Crippen molar-refractivity contribution in [2.75, 3.05) is 13.2 Å². The van der Waals surface area contributed by atoms with Crippen molar-refractivity contribution in [1.82, 2.24) is 0 Å². The van der Waals surface area contributed by atoms with Crippen LogP contribution in [0.5, 0.6) is 0 Å². The molecule has 1 saturated heterocycles. The van der Waals surface area contributed by atoms with E-state index in [2.05, 4.69) is 28.6 Å². The van der Waals surface area contributed by atoms with Crippen molar-refractivity contribution in [3.05, 3.63) is 17.1 Å². The Hall–Kier alpha value is -0.980. The van der Waals surface area contributed by atoms with Gasteiger partial charge in [-0.2, -0.15) is 4.57 Å². The van der Waals surface area contributed by atoms with Crippen LogP contribution in [-0.2, 0) is 25.5 Å². The first kappa shape index (κ1) is 27.3. The number of unbranched alkanes of at least 4 members (excludes halogenated alkanes) is 12. The molecule has 1 aromatic rings. The fraction of sp³-hybridized carbons (Fsp3) is 0.846. The molecule has 1 aromatic heterocycles. The second kappa shape index (κ2) is 18.4. The van der Waals surface area contributed by atoms with Crippen molar-refractivity contribution >= 4 is 17.3 Å². The van der Waals surface area contributed by atoms with Gasteiger partial charge in [-0.1, -0.05) is 82.5 Å². The molecule has 184 valence electrons. The van der Waals surface area contributed by atoms with Crippen molar-refractivity contribution in [2.24, 2.45) is 0 Å². The lowest BCUT2D eigenvalue weighted by Crippen LogP contribution is -2.29. The third-order valence-corrected chi connectivity index (χ3v) is 6.78. The van der Waals surface area contributed by atoms with Gasteiger partial charge in [0.1, 0.15) is 19.3 Å². The summed E-state index contributed by atoms with van der Waals surface area (Å²) >= 11 is 1.70. The van der Waals surface area contributed by atoms with Gasteiger partial charge in [-0.25, -0.2) is 0 Å². The fourth-order valence-electron chi connectivity index (χ4n) is 4.11. The first-order valence-electron chi connectivity index (χ1n) is 13.1. The largest absolute Gasteiger partial charge is 0.463 e. The molecule has 2 unspecified atom stereocenters. The van der Waals surface area contributed by atoms with Gasteiger partial charge in [-0.05, 0) is 25.7 Å². The maximum Gasteiger partial charge on any atom is 0.305 e. The van der Waals surface area contributed by atoms with E-state index in [4.69, 9.17) is 14.2 Å². The molecule has 1 aliphatic heterocycles. The van der Waals surface area contributed by atoms with E-state index < -0.39 is 0 Å². The summed E-state index contributed by atoms with van der Waals surface area (Å²) in [6.07, 6.45) is 21.1. The van der Waals surface area contributed by atoms with Crippen molar-refractivity contribution in [2.45, 2.75) is 129 Å². The van der Waals surface area contributed by atoms with Crippen LogP contribution in [0.2, 0.25) is 0 Å². The summed E-state index contributed by atoms with van der Waals surface area (Å²) in [6.45, 7) is 4.14. The zero-order valence-electron chi connectivity index (χ0n) is 20.3. The van der Waals surface area contributed by atoms with Crippen LogP contribution in [0.4, 0.5) is 0 Å².